The molecule has 3 rings (SSSR count). The molecule has 24 heavy (non-hydrogen) atoms. The van der Waals surface area contributed by atoms with Crippen LogP contribution < -0.4 is 4.90 Å². The van der Waals surface area contributed by atoms with Crippen LogP contribution in [-0.4, -0.2) is 34.8 Å². The molecule has 1 aliphatic rings. The van der Waals surface area contributed by atoms with Crippen molar-refractivity contribution in [1.82, 2.24) is 9.97 Å². The molecule has 1 aromatic heterocycles. The van der Waals surface area contributed by atoms with Gasteiger partial charge in [-0.2, -0.15) is 13.2 Å². The number of aliphatic hydroxyl groups excluding tert-OH is 1. The van der Waals surface area contributed by atoms with Crippen LogP contribution in [0.5, 0.6) is 0 Å². The molecule has 1 saturated heterocycles. The fourth-order valence-electron chi connectivity index (χ4n) is 3.21. The van der Waals surface area contributed by atoms with Crippen molar-refractivity contribution >= 4 is 5.95 Å². The molecule has 0 spiro atoms. The van der Waals surface area contributed by atoms with E-state index in [0.29, 0.717) is 13.1 Å². The van der Waals surface area contributed by atoms with Crippen molar-refractivity contribution in [2.24, 2.45) is 0 Å². The van der Waals surface area contributed by atoms with Crippen molar-refractivity contribution in [2.75, 3.05) is 24.6 Å². The molecule has 7 heteroatoms. The van der Waals surface area contributed by atoms with Gasteiger partial charge >= 0.3 is 6.18 Å². The van der Waals surface area contributed by atoms with E-state index in [2.05, 4.69) is 9.97 Å². The lowest BCUT2D eigenvalue weighted by atomic mass is 9.75. The molecular weight excluding hydrogens is 319 g/mol. The summed E-state index contributed by atoms with van der Waals surface area (Å²) >= 11 is 0. The summed E-state index contributed by atoms with van der Waals surface area (Å²) in [5.41, 5.74) is -0.492. The van der Waals surface area contributed by atoms with E-state index in [0.717, 1.165) is 30.7 Å². The zero-order chi connectivity index (χ0) is 17.2. The topological polar surface area (TPSA) is 49.2 Å². The van der Waals surface area contributed by atoms with Crippen LogP contribution in [0.2, 0.25) is 0 Å². The van der Waals surface area contributed by atoms with Crippen LogP contribution in [0.1, 0.15) is 24.1 Å². The standard InChI is InChI=1S/C17H18F3N3O/c18-17(19,20)14-7-9-21-15(22-14)23-10-4-8-16(11-23,12-24)13-5-2-1-3-6-13/h1-3,5-7,9,24H,4,8,10-12H2/t16-/m1/s1. The van der Waals surface area contributed by atoms with E-state index in [-0.39, 0.29) is 12.6 Å². The van der Waals surface area contributed by atoms with Gasteiger partial charge < -0.3 is 10.0 Å². The normalized spacial score (nSPS) is 21.8. The molecule has 0 aliphatic carbocycles. The highest BCUT2D eigenvalue weighted by molar-refractivity contribution is 5.37. The Morgan fingerprint density at radius 1 is 1.17 bits per heavy atom. The SMILES string of the molecule is OC[C@@]1(c2ccccc2)CCCN(c2nccc(C(F)(F)F)n2)C1. The number of hydrogen-bond donors (Lipinski definition) is 1. The number of benzene rings is 1. The maximum atomic E-state index is 12.9. The number of piperidine rings is 1. The van der Waals surface area contributed by atoms with Gasteiger partial charge in [0, 0.05) is 24.7 Å². The molecule has 1 aliphatic heterocycles. The highest BCUT2D eigenvalue weighted by atomic mass is 19.4. The number of anilines is 1. The van der Waals surface area contributed by atoms with Crippen molar-refractivity contribution in [3.8, 4) is 0 Å². The van der Waals surface area contributed by atoms with Crippen LogP contribution in [0.3, 0.4) is 0 Å². The molecule has 0 unspecified atom stereocenters. The first-order valence-electron chi connectivity index (χ1n) is 7.76. The van der Waals surface area contributed by atoms with Crippen LogP contribution in [0.4, 0.5) is 19.1 Å². The third-order valence-corrected chi connectivity index (χ3v) is 4.48. The van der Waals surface area contributed by atoms with E-state index >= 15 is 0 Å². The van der Waals surface area contributed by atoms with Crippen LogP contribution in [0, 0.1) is 0 Å². The maximum absolute atomic E-state index is 12.9. The van der Waals surface area contributed by atoms with Gasteiger partial charge in [-0.05, 0) is 24.5 Å². The summed E-state index contributed by atoms with van der Waals surface area (Å²) in [5.74, 6) is 0.0540. The van der Waals surface area contributed by atoms with Crippen molar-refractivity contribution in [1.29, 1.82) is 0 Å². The Kier molecular flexibility index (Phi) is 4.45. The minimum Gasteiger partial charge on any atom is -0.395 e. The number of alkyl halides is 3. The first kappa shape index (κ1) is 16.7. The minimum atomic E-state index is -4.50. The number of rotatable bonds is 3. The van der Waals surface area contributed by atoms with Gasteiger partial charge in [0.1, 0.15) is 5.69 Å². The lowest BCUT2D eigenvalue weighted by Gasteiger charge is -2.42. The Morgan fingerprint density at radius 3 is 2.58 bits per heavy atom. The first-order valence-corrected chi connectivity index (χ1v) is 7.76. The van der Waals surface area contributed by atoms with Crippen molar-refractivity contribution in [2.45, 2.75) is 24.4 Å². The molecule has 0 amide bonds. The molecule has 128 valence electrons. The molecule has 0 radical (unpaired) electrons. The molecule has 1 aromatic carbocycles. The quantitative estimate of drug-likeness (QED) is 0.935. The van der Waals surface area contributed by atoms with Gasteiger partial charge in [0.15, 0.2) is 0 Å². The zero-order valence-electron chi connectivity index (χ0n) is 13.0. The van der Waals surface area contributed by atoms with Crippen molar-refractivity contribution in [3.63, 3.8) is 0 Å². The molecule has 0 bridgehead atoms. The molecule has 1 fully saturated rings. The molecule has 1 atom stereocenters. The molecule has 1 N–H and O–H groups in total. The highest BCUT2D eigenvalue weighted by Gasteiger charge is 2.38. The molecular formula is C17H18F3N3O. The van der Waals surface area contributed by atoms with Crippen LogP contribution in [-0.2, 0) is 11.6 Å². The second-order valence-electron chi connectivity index (χ2n) is 6.07. The number of hydrogen-bond acceptors (Lipinski definition) is 4. The highest BCUT2D eigenvalue weighted by Crippen LogP contribution is 2.35. The largest absolute Gasteiger partial charge is 0.433 e. The van der Waals surface area contributed by atoms with E-state index in [1.807, 2.05) is 30.3 Å². The summed E-state index contributed by atoms with van der Waals surface area (Å²) in [5, 5.41) is 10.00. The summed E-state index contributed by atoms with van der Waals surface area (Å²) in [6, 6.07) is 10.4. The summed E-state index contributed by atoms with van der Waals surface area (Å²) in [7, 11) is 0. The molecule has 4 nitrogen and oxygen atoms in total. The van der Waals surface area contributed by atoms with Gasteiger partial charge in [-0.15, -0.1) is 0 Å². The number of aliphatic hydroxyl groups is 1. The summed E-state index contributed by atoms with van der Waals surface area (Å²) in [6.45, 7) is 0.872. The summed E-state index contributed by atoms with van der Waals surface area (Å²) < 4.78 is 38.6. The molecule has 0 saturated carbocycles. The van der Waals surface area contributed by atoms with Crippen molar-refractivity contribution in [3.05, 3.63) is 53.9 Å². The Hall–Kier alpha value is -2.15. The average molecular weight is 337 g/mol. The predicted octanol–water partition coefficient (Wildman–Crippen LogP) is 3.03. The second-order valence-corrected chi connectivity index (χ2v) is 6.07. The molecule has 2 heterocycles. The van der Waals surface area contributed by atoms with Crippen molar-refractivity contribution < 1.29 is 18.3 Å². The number of aromatic nitrogens is 2. The van der Waals surface area contributed by atoms with Gasteiger partial charge in [-0.3, -0.25) is 0 Å². The molecule has 2 aromatic rings. The summed E-state index contributed by atoms with van der Waals surface area (Å²) in [4.78, 5) is 9.40. The van der Waals surface area contributed by atoms with Gasteiger partial charge in [0.25, 0.3) is 0 Å². The number of halogens is 3. The number of nitrogens with zero attached hydrogens (tertiary/aromatic N) is 3. The van der Waals surface area contributed by atoms with Crippen LogP contribution >= 0.6 is 0 Å². The van der Waals surface area contributed by atoms with E-state index in [1.165, 1.54) is 0 Å². The zero-order valence-corrected chi connectivity index (χ0v) is 13.0. The van der Waals surface area contributed by atoms with E-state index in [9.17, 15) is 18.3 Å². The Morgan fingerprint density at radius 2 is 1.92 bits per heavy atom. The van der Waals surface area contributed by atoms with Gasteiger partial charge in [-0.25, -0.2) is 9.97 Å². The second kappa shape index (κ2) is 6.39. The van der Waals surface area contributed by atoms with Crippen LogP contribution in [0.15, 0.2) is 42.6 Å². The van der Waals surface area contributed by atoms with E-state index in [1.54, 1.807) is 4.90 Å². The predicted molar refractivity (Wildman–Crippen MR) is 83.7 cm³/mol. The first-order chi connectivity index (χ1) is 11.4. The lowest BCUT2D eigenvalue weighted by Crippen LogP contribution is -2.49. The Labute approximate surface area is 138 Å². The van der Waals surface area contributed by atoms with E-state index in [4.69, 9.17) is 0 Å². The smallest absolute Gasteiger partial charge is 0.395 e. The fourth-order valence-corrected chi connectivity index (χ4v) is 3.21. The maximum Gasteiger partial charge on any atom is 0.433 e. The third kappa shape index (κ3) is 3.21. The monoisotopic (exact) mass is 337 g/mol. The minimum absolute atomic E-state index is 0.0540. The third-order valence-electron chi connectivity index (χ3n) is 4.48. The van der Waals surface area contributed by atoms with Gasteiger partial charge in [0.2, 0.25) is 5.95 Å². The fraction of sp³-hybridized carbons (Fsp3) is 0.412. The summed E-state index contributed by atoms with van der Waals surface area (Å²) in [6.07, 6.45) is -1.86. The van der Waals surface area contributed by atoms with Gasteiger partial charge in [-0.1, -0.05) is 30.3 Å². The van der Waals surface area contributed by atoms with Crippen LogP contribution in [0.25, 0.3) is 0 Å². The lowest BCUT2D eigenvalue weighted by molar-refractivity contribution is -0.141. The Bertz CT molecular complexity index is 693. The average Bonchev–Trinajstić information content (AvgIpc) is 2.62. The Balaban J connectivity index is 1.91. The van der Waals surface area contributed by atoms with Gasteiger partial charge in [0.05, 0.1) is 6.61 Å². The van der Waals surface area contributed by atoms with E-state index < -0.39 is 17.3 Å².